The third-order valence-corrected chi connectivity index (χ3v) is 15.6. The number of anilines is 2. The fraction of sp³-hybridized carbons (Fsp3) is 0.350. The Morgan fingerprint density at radius 2 is 1.48 bits per heavy atom. The standard InChI is InChI=1S/C60H66N10O7/c1-8-34-30(3)43-27-45-32(5)36(56(69-45)39-26-49(71)53-33(6)46(70-57(39)53)29-48-35(9-2)31(4)44(67-48)28-47(34)66-43)17-20-50(72)64-23-13-12-16-42(60(61)77)68-52(74)22-21-51(73)65-25-24-63-41-19-18-40(62-7)54-55(41)59(76)38-15-11-10-14-37(38)58(54)75/h8,10-11,14-15,18-19,27-29,32,36,42,62-63,69,71H,1,9,12-13,16-17,20-26H2,2-7H3,(H2,61,77)(H,64,72)(H,65,73)(H,68,74)/t32-,36-,42?/m0/s1. The van der Waals surface area contributed by atoms with Crippen molar-refractivity contribution in [2.75, 3.05) is 37.3 Å². The molecule has 17 heteroatoms. The van der Waals surface area contributed by atoms with Gasteiger partial charge in [-0.1, -0.05) is 50.8 Å². The van der Waals surface area contributed by atoms with E-state index in [1.807, 2.05) is 32.1 Å². The molecule has 1 saturated heterocycles. The number of unbranched alkanes of at least 4 members (excludes halogenated alkanes) is 1. The van der Waals surface area contributed by atoms with Crippen molar-refractivity contribution in [1.29, 1.82) is 0 Å². The van der Waals surface area contributed by atoms with E-state index < -0.39 is 17.9 Å². The van der Waals surface area contributed by atoms with Crippen LogP contribution in [0.4, 0.5) is 11.4 Å². The van der Waals surface area contributed by atoms with Crippen molar-refractivity contribution in [3.63, 3.8) is 0 Å². The van der Waals surface area contributed by atoms with E-state index in [-0.39, 0.29) is 90.9 Å². The van der Waals surface area contributed by atoms with E-state index in [9.17, 15) is 33.9 Å². The van der Waals surface area contributed by atoms with Crippen molar-refractivity contribution in [2.24, 2.45) is 32.5 Å². The minimum atomic E-state index is -0.954. The zero-order valence-electron chi connectivity index (χ0n) is 44.5. The van der Waals surface area contributed by atoms with Crippen LogP contribution in [0, 0.1) is 11.8 Å². The third kappa shape index (κ3) is 10.5. The summed E-state index contributed by atoms with van der Waals surface area (Å²) in [6, 6.07) is 9.19. The Labute approximate surface area is 448 Å². The van der Waals surface area contributed by atoms with Gasteiger partial charge in [-0.25, -0.2) is 15.0 Å². The van der Waals surface area contributed by atoms with Crippen LogP contribution in [0.15, 0.2) is 156 Å². The van der Waals surface area contributed by atoms with Crippen LogP contribution in [0.3, 0.4) is 0 Å². The predicted molar refractivity (Wildman–Crippen MR) is 299 cm³/mol. The minimum absolute atomic E-state index is 0.0301. The molecule has 7 aliphatic rings. The summed E-state index contributed by atoms with van der Waals surface area (Å²) >= 11 is 0. The number of allylic oxidation sites excluding steroid dienone is 12. The average molecular weight is 1040 g/mol. The van der Waals surface area contributed by atoms with E-state index in [0.717, 1.165) is 91.1 Å². The van der Waals surface area contributed by atoms with E-state index >= 15 is 0 Å². The highest BCUT2D eigenvalue weighted by Crippen LogP contribution is 2.47. The van der Waals surface area contributed by atoms with Crippen LogP contribution in [-0.4, -0.2) is 90.2 Å². The quantitative estimate of drug-likeness (QED) is 0.0512. The van der Waals surface area contributed by atoms with Crippen molar-refractivity contribution in [1.82, 2.24) is 21.3 Å². The highest BCUT2D eigenvalue weighted by atomic mass is 16.3. The molecule has 1 unspecified atom stereocenters. The Hall–Kier alpha value is -8.47. The smallest absolute Gasteiger partial charge is 0.239 e. The molecule has 9 N–H and O–H groups in total. The monoisotopic (exact) mass is 1040 g/mol. The molecule has 0 spiro atoms. The molecule has 0 saturated carbocycles. The lowest BCUT2D eigenvalue weighted by molar-refractivity contribution is -0.129. The van der Waals surface area contributed by atoms with Gasteiger partial charge >= 0.3 is 0 Å². The number of hydrogen-bond acceptors (Lipinski definition) is 13. The Bertz CT molecular complexity index is 3330. The van der Waals surface area contributed by atoms with Crippen LogP contribution in [0.2, 0.25) is 0 Å². The summed E-state index contributed by atoms with van der Waals surface area (Å²) in [4.78, 5) is 93.7. The van der Waals surface area contributed by atoms with Crippen LogP contribution in [0.1, 0.15) is 124 Å². The Morgan fingerprint density at radius 1 is 0.818 bits per heavy atom. The van der Waals surface area contributed by atoms with Crippen molar-refractivity contribution >= 4 is 63.7 Å². The van der Waals surface area contributed by atoms with E-state index in [0.29, 0.717) is 54.7 Å². The summed E-state index contributed by atoms with van der Waals surface area (Å²) in [5.74, 6) is -2.10. The minimum Gasteiger partial charge on any atom is -0.511 e. The highest BCUT2D eigenvalue weighted by molar-refractivity contribution is 6.32. The summed E-state index contributed by atoms with van der Waals surface area (Å²) < 4.78 is 0. The molecule has 2 aliphatic carbocycles. The van der Waals surface area contributed by atoms with Crippen LogP contribution < -0.4 is 37.6 Å². The number of aliphatic hydroxyl groups is 1. The summed E-state index contributed by atoms with van der Waals surface area (Å²) in [5, 5.41) is 29.8. The number of carbonyl (C=O) groups excluding carboxylic acids is 6. The fourth-order valence-corrected chi connectivity index (χ4v) is 11.3. The number of ketones is 2. The van der Waals surface area contributed by atoms with Crippen molar-refractivity contribution in [3.05, 3.63) is 163 Å². The van der Waals surface area contributed by atoms with Crippen molar-refractivity contribution in [3.8, 4) is 0 Å². The molecule has 5 aliphatic heterocycles. The van der Waals surface area contributed by atoms with Gasteiger partial charge in [-0.15, -0.1) is 0 Å². The second kappa shape index (κ2) is 22.4. The van der Waals surface area contributed by atoms with Crippen LogP contribution in [-0.2, 0) is 19.2 Å². The Morgan fingerprint density at radius 3 is 2.18 bits per heavy atom. The van der Waals surface area contributed by atoms with Gasteiger partial charge in [0.05, 0.1) is 45.4 Å². The van der Waals surface area contributed by atoms with Gasteiger partial charge in [0.25, 0.3) is 0 Å². The van der Waals surface area contributed by atoms with Gasteiger partial charge in [0.15, 0.2) is 11.6 Å². The lowest BCUT2D eigenvalue weighted by Gasteiger charge is -2.23. The maximum absolute atomic E-state index is 13.5. The molecule has 4 amide bonds. The molecule has 2 aromatic carbocycles. The molecule has 5 heterocycles. The molecule has 0 aromatic heterocycles. The molecule has 1 fully saturated rings. The first-order valence-electron chi connectivity index (χ1n) is 26.5. The summed E-state index contributed by atoms with van der Waals surface area (Å²) in [5.41, 5.74) is 21.3. The van der Waals surface area contributed by atoms with Gasteiger partial charge in [0.1, 0.15) is 11.8 Å². The number of hydrogen-bond donors (Lipinski definition) is 8. The molecule has 0 radical (unpaired) electrons. The number of carbonyl (C=O) groups is 6. The van der Waals surface area contributed by atoms with Gasteiger partial charge in [-0.2, -0.15) is 0 Å². The lowest BCUT2D eigenvalue weighted by atomic mass is 9.82. The molecule has 2 aromatic rings. The van der Waals surface area contributed by atoms with Crippen LogP contribution in [0.5, 0.6) is 0 Å². The predicted octanol–water partition coefficient (Wildman–Crippen LogP) is 7.71. The van der Waals surface area contributed by atoms with E-state index in [1.54, 1.807) is 43.4 Å². The molecular formula is C60H66N10O7. The number of primary amides is 1. The summed E-state index contributed by atoms with van der Waals surface area (Å²) in [6.45, 7) is 15.3. The van der Waals surface area contributed by atoms with Gasteiger partial charge in [0, 0.05) is 115 Å². The average Bonchev–Trinajstić information content (AvgIpc) is 4.18. The second-order valence-electron chi connectivity index (χ2n) is 20.3. The number of nitrogens with two attached hydrogens (primary N) is 1. The zero-order valence-corrected chi connectivity index (χ0v) is 44.5. The number of aliphatic imine (C=N–C) groups is 3. The van der Waals surface area contributed by atoms with E-state index in [1.165, 1.54) is 0 Å². The molecule has 77 heavy (non-hydrogen) atoms. The number of nitrogens with zero attached hydrogens (tertiary/aromatic N) is 3. The largest absolute Gasteiger partial charge is 0.511 e. The number of amides is 4. The van der Waals surface area contributed by atoms with Crippen molar-refractivity contribution < 1.29 is 33.9 Å². The summed E-state index contributed by atoms with van der Waals surface area (Å²) in [6.07, 6.45) is 10.8. The maximum Gasteiger partial charge on any atom is 0.239 e. The topological polar surface area (TPSA) is 258 Å². The number of aliphatic hydroxyl groups excluding tert-OH is 1. The van der Waals surface area contributed by atoms with Crippen LogP contribution in [0.25, 0.3) is 0 Å². The zero-order chi connectivity index (χ0) is 54.8. The highest BCUT2D eigenvalue weighted by Gasteiger charge is 2.42. The normalized spacial score (nSPS) is 19.5. The van der Waals surface area contributed by atoms with Crippen LogP contribution >= 0.6 is 0 Å². The SMILES string of the molecule is C=CC1=C(C)C2=NC1=CC1=NC(=CC3=C(C)C4=C(O)CC(=C5NC(=C2)[C@@H](C)[C@@H]5CCC(=O)NCCCCC(NC(=O)CCC(=O)NCCNc2ccc(NC)c5c2C(=O)c2ccccc2C5=O)C(N)=O)C4=N3)C(CC)=C1C. The first-order valence-corrected chi connectivity index (χ1v) is 26.5. The number of nitrogens with one attached hydrogen (secondary N) is 6. The first-order chi connectivity index (χ1) is 37.0. The molecule has 398 valence electrons. The van der Waals surface area contributed by atoms with Gasteiger partial charge in [-0.05, 0) is 106 Å². The summed E-state index contributed by atoms with van der Waals surface area (Å²) in [7, 11) is 1.68. The molecular weight excluding hydrogens is 973 g/mol. The second-order valence-corrected chi connectivity index (χ2v) is 20.3. The maximum atomic E-state index is 13.5. The third-order valence-electron chi connectivity index (χ3n) is 15.6. The van der Waals surface area contributed by atoms with E-state index in [2.05, 4.69) is 65.3 Å². The van der Waals surface area contributed by atoms with Gasteiger partial charge in [-0.3, -0.25) is 28.8 Å². The Kier molecular flexibility index (Phi) is 15.5. The van der Waals surface area contributed by atoms with Gasteiger partial charge < -0.3 is 42.7 Å². The molecule has 8 bridgehead atoms. The number of benzene rings is 2. The number of fused-ring (bicyclic) bond motifs is 7. The molecule has 3 atom stereocenters. The van der Waals surface area contributed by atoms with E-state index in [4.69, 9.17) is 20.7 Å². The number of rotatable bonds is 20. The first kappa shape index (κ1) is 53.4. The fourth-order valence-electron chi connectivity index (χ4n) is 11.3. The lowest BCUT2D eigenvalue weighted by Crippen LogP contribution is -2.44. The van der Waals surface area contributed by atoms with Crippen molar-refractivity contribution in [2.45, 2.75) is 98.4 Å². The Balaban J connectivity index is 0.758. The molecule has 17 nitrogen and oxygen atoms in total. The van der Waals surface area contributed by atoms with Gasteiger partial charge in [0.2, 0.25) is 23.6 Å². The molecule has 9 rings (SSSR count).